The summed E-state index contributed by atoms with van der Waals surface area (Å²) in [5, 5.41) is 15.9. The lowest BCUT2D eigenvalue weighted by Gasteiger charge is -2.39. The summed E-state index contributed by atoms with van der Waals surface area (Å²) < 4.78 is 46.1. The normalized spacial score (nSPS) is 17.8. The van der Waals surface area contributed by atoms with Crippen molar-refractivity contribution in [3.63, 3.8) is 0 Å². The Morgan fingerprint density at radius 2 is 1.92 bits per heavy atom. The van der Waals surface area contributed by atoms with E-state index in [-0.39, 0.29) is 36.0 Å². The molecule has 13 heteroatoms. The Hall–Kier alpha value is -4.00. The quantitative estimate of drug-likeness (QED) is 0.459. The Morgan fingerprint density at radius 3 is 2.61 bits per heavy atom. The second-order valence-electron chi connectivity index (χ2n) is 8.95. The highest BCUT2D eigenvalue weighted by Gasteiger charge is 2.38. The molecule has 202 valence electrons. The summed E-state index contributed by atoms with van der Waals surface area (Å²) in [7, 11) is 1.49. The number of halogens is 3. The van der Waals surface area contributed by atoms with Crippen molar-refractivity contribution in [2.45, 2.75) is 38.0 Å². The molecule has 0 aliphatic carbocycles. The molecular weight excluding hydrogens is 503 g/mol. The van der Waals surface area contributed by atoms with Gasteiger partial charge in [0, 0.05) is 44.1 Å². The summed E-state index contributed by atoms with van der Waals surface area (Å²) in [6.07, 6.45) is -4.07. The van der Waals surface area contributed by atoms with E-state index >= 15 is 0 Å². The molecule has 2 aromatic carbocycles. The number of nitrogens with zero attached hydrogens (tertiary/aromatic N) is 5. The zero-order valence-electron chi connectivity index (χ0n) is 20.9. The highest BCUT2D eigenvalue weighted by atomic mass is 19.4. The van der Waals surface area contributed by atoms with Gasteiger partial charge in [-0.2, -0.15) is 17.9 Å². The molecular formula is C25H28F3N7O3. The average molecular weight is 532 g/mol. The summed E-state index contributed by atoms with van der Waals surface area (Å²) in [4.78, 5) is 25.6. The van der Waals surface area contributed by atoms with Gasteiger partial charge in [0.25, 0.3) is 5.82 Å². The third kappa shape index (κ3) is 6.28. The maximum absolute atomic E-state index is 13.3. The number of rotatable bonds is 8. The molecule has 0 bridgehead atoms. The monoisotopic (exact) mass is 531 g/mol. The fourth-order valence-electron chi connectivity index (χ4n) is 4.59. The molecule has 4 rings (SSSR count). The van der Waals surface area contributed by atoms with Crippen molar-refractivity contribution < 1.29 is 27.5 Å². The van der Waals surface area contributed by atoms with Crippen LogP contribution in [-0.4, -0.2) is 69.7 Å². The number of hydrogen-bond donors (Lipinski definition) is 2. The third-order valence-corrected chi connectivity index (χ3v) is 6.47. The zero-order chi connectivity index (χ0) is 27.3. The van der Waals surface area contributed by atoms with Gasteiger partial charge < -0.3 is 20.3 Å². The van der Waals surface area contributed by atoms with E-state index in [1.54, 1.807) is 17.0 Å². The largest absolute Gasteiger partial charge is 0.496 e. The first-order valence-corrected chi connectivity index (χ1v) is 12.0. The lowest BCUT2D eigenvalue weighted by molar-refractivity contribution is -0.146. The van der Waals surface area contributed by atoms with Crippen LogP contribution in [0.15, 0.2) is 48.5 Å². The van der Waals surface area contributed by atoms with Gasteiger partial charge in [-0.15, -0.1) is 5.10 Å². The molecule has 2 amide bonds. The number of carbonyl (C=O) groups is 2. The van der Waals surface area contributed by atoms with E-state index < -0.39 is 12.0 Å². The lowest BCUT2D eigenvalue weighted by Crippen LogP contribution is -2.51. The molecule has 10 nitrogen and oxygen atoms in total. The highest BCUT2D eigenvalue weighted by Crippen LogP contribution is 2.31. The number of likely N-dealkylation sites (tertiary alicyclic amines) is 1. The van der Waals surface area contributed by atoms with Crippen molar-refractivity contribution in [3.05, 3.63) is 65.5 Å². The smallest absolute Gasteiger partial charge is 0.453 e. The second kappa shape index (κ2) is 11.6. The Balaban J connectivity index is 1.54. The minimum absolute atomic E-state index is 0.0330. The van der Waals surface area contributed by atoms with Crippen molar-refractivity contribution in [2.24, 2.45) is 0 Å². The number of alkyl halides is 3. The molecule has 0 radical (unpaired) electrons. The summed E-state index contributed by atoms with van der Waals surface area (Å²) in [5.74, 6) is -1.19. The molecule has 2 unspecified atom stereocenters. The highest BCUT2D eigenvalue weighted by molar-refractivity contribution is 5.83. The third-order valence-electron chi connectivity index (χ3n) is 6.47. The van der Waals surface area contributed by atoms with Gasteiger partial charge in [-0.3, -0.25) is 9.59 Å². The summed E-state index contributed by atoms with van der Waals surface area (Å²) >= 11 is 0. The maximum atomic E-state index is 13.3. The van der Waals surface area contributed by atoms with Crippen molar-refractivity contribution in [2.75, 3.05) is 26.7 Å². The van der Waals surface area contributed by atoms with Gasteiger partial charge >= 0.3 is 6.18 Å². The molecule has 0 saturated carbocycles. The molecule has 2 heterocycles. The number of carbonyl (C=O) groups excluding carboxylic acids is 2. The Morgan fingerprint density at radius 1 is 1.16 bits per heavy atom. The van der Waals surface area contributed by atoms with Gasteiger partial charge in [0.15, 0.2) is 0 Å². The first kappa shape index (κ1) is 27.0. The van der Waals surface area contributed by atoms with Gasteiger partial charge in [0.2, 0.25) is 11.8 Å². The second-order valence-corrected chi connectivity index (χ2v) is 8.95. The van der Waals surface area contributed by atoms with Crippen LogP contribution in [0, 0.1) is 0 Å². The minimum atomic E-state index is -4.71. The van der Waals surface area contributed by atoms with Gasteiger partial charge in [-0.05, 0) is 40.6 Å². The number of methoxy groups -OCH3 is 1. The van der Waals surface area contributed by atoms with E-state index in [1.807, 2.05) is 30.3 Å². The molecule has 2 atom stereocenters. The van der Waals surface area contributed by atoms with Crippen molar-refractivity contribution in [1.82, 2.24) is 35.7 Å². The predicted molar refractivity (Wildman–Crippen MR) is 130 cm³/mol. The van der Waals surface area contributed by atoms with Gasteiger partial charge in [-0.25, -0.2) is 0 Å². The van der Waals surface area contributed by atoms with Gasteiger partial charge in [-0.1, -0.05) is 30.3 Å². The topological polar surface area (TPSA) is 114 Å². The maximum Gasteiger partial charge on any atom is 0.453 e. The van der Waals surface area contributed by atoms with Crippen LogP contribution in [-0.2, 0) is 22.3 Å². The fourth-order valence-corrected chi connectivity index (χ4v) is 4.59. The first-order valence-electron chi connectivity index (χ1n) is 12.0. The van der Waals surface area contributed by atoms with Crippen molar-refractivity contribution >= 4 is 11.8 Å². The number of hydrogen-bond acceptors (Lipinski definition) is 7. The number of tetrazole rings is 1. The SMILES string of the molecule is COc1ccc(-n2nnnc2C(F)(F)F)cc1CNC1CCN(C(=O)CNC(C)=O)CC1c1ccccc1. The van der Waals surface area contributed by atoms with Crippen molar-refractivity contribution in [1.29, 1.82) is 0 Å². The molecule has 2 N–H and O–H groups in total. The molecule has 1 fully saturated rings. The molecule has 1 aliphatic heterocycles. The van der Waals surface area contributed by atoms with Crippen LogP contribution in [0.4, 0.5) is 13.2 Å². The van der Waals surface area contributed by atoms with Crippen molar-refractivity contribution in [3.8, 4) is 11.4 Å². The number of aromatic nitrogens is 4. The Labute approximate surface area is 217 Å². The van der Waals surface area contributed by atoms with Crippen LogP contribution in [0.5, 0.6) is 5.75 Å². The zero-order valence-corrected chi connectivity index (χ0v) is 20.9. The number of benzene rings is 2. The number of ether oxygens (including phenoxy) is 1. The van der Waals surface area contributed by atoms with E-state index in [9.17, 15) is 22.8 Å². The first-order chi connectivity index (χ1) is 18.2. The average Bonchev–Trinajstić information content (AvgIpc) is 3.42. The molecule has 0 spiro atoms. The van der Waals surface area contributed by atoms with E-state index in [4.69, 9.17) is 4.74 Å². The van der Waals surface area contributed by atoms with Crippen LogP contribution in [0.25, 0.3) is 5.69 Å². The minimum Gasteiger partial charge on any atom is -0.496 e. The molecule has 1 aliphatic rings. The van der Waals surface area contributed by atoms with Gasteiger partial charge in [0.05, 0.1) is 19.3 Å². The summed E-state index contributed by atoms with van der Waals surface area (Å²) in [6, 6.07) is 14.3. The number of piperidine rings is 1. The molecule has 3 aromatic rings. The molecule has 1 saturated heterocycles. The number of nitrogens with one attached hydrogen (secondary N) is 2. The van der Waals surface area contributed by atoms with Crippen LogP contribution in [0.2, 0.25) is 0 Å². The number of amides is 2. The van der Waals surface area contributed by atoms with Crippen LogP contribution in [0.3, 0.4) is 0 Å². The van der Waals surface area contributed by atoms with E-state index in [1.165, 1.54) is 20.1 Å². The van der Waals surface area contributed by atoms with Crippen LogP contribution >= 0.6 is 0 Å². The molecule has 1 aromatic heterocycles. The summed E-state index contributed by atoms with van der Waals surface area (Å²) in [6.45, 7) is 2.56. The lowest BCUT2D eigenvalue weighted by atomic mass is 9.85. The van der Waals surface area contributed by atoms with E-state index in [2.05, 4.69) is 26.2 Å². The predicted octanol–water partition coefficient (Wildman–Crippen LogP) is 2.30. The standard InChI is InChI=1S/C25H28F3N7O3/c1-16(36)29-14-23(37)34-11-10-21(20(15-34)17-6-4-3-5-7-17)30-13-18-12-19(8-9-22(18)38-2)35-24(25(26,27)28)31-32-33-35/h3-9,12,20-21,30H,10-11,13-15H2,1-2H3,(H,29,36). The van der Waals surface area contributed by atoms with E-state index in [0.29, 0.717) is 42.0 Å². The van der Waals surface area contributed by atoms with Crippen LogP contribution < -0.4 is 15.4 Å². The van der Waals surface area contributed by atoms with E-state index in [0.717, 1.165) is 5.56 Å². The fraction of sp³-hybridized carbons (Fsp3) is 0.400. The van der Waals surface area contributed by atoms with Gasteiger partial charge in [0.1, 0.15) is 5.75 Å². The van der Waals surface area contributed by atoms with Crippen LogP contribution in [0.1, 0.15) is 36.2 Å². The molecule has 38 heavy (non-hydrogen) atoms. The summed E-state index contributed by atoms with van der Waals surface area (Å²) in [5.41, 5.74) is 1.83. The Kier molecular flexibility index (Phi) is 8.25. The Bertz CT molecular complexity index is 1270.